The number of halogens is 2. The molecule has 0 saturated heterocycles. The number of carbonyl (C=O) groups excluding carboxylic acids is 3. The molecule has 0 aliphatic rings. The van der Waals surface area contributed by atoms with E-state index in [-0.39, 0.29) is 16.9 Å². The minimum absolute atomic E-state index is 0.0713. The lowest BCUT2D eigenvalue weighted by Crippen LogP contribution is -2.34. The predicted octanol–water partition coefficient (Wildman–Crippen LogP) is 4.89. The van der Waals surface area contributed by atoms with Gasteiger partial charge in [-0.15, -0.1) is 0 Å². The third-order valence-electron chi connectivity index (χ3n) is 6.44. The normalized spacial score (nSPS) is 11.0. The summed E-state index contributed by atoms with van der Waals surface area (Å²) in [6.45, 7) is 7.13. The molecule has 1 heterocycles. The molecule has 0 aliphatic heterocycles. The Kier molecular flexibility index (Phi) is 20.3. The highest BCUT2D eigenvalue weighted by Gasteiger charge is 2.39. The van der Waals surface area contributed by atoms with Crippen LogP contribution in [0.2, 0.25) is 0 Å². The van der Waals surface area contributed by atoms with E-state index in [1.165, 1.54) is 36.8 Å². The van der Waals surface area contributed by atoms with Gasteiger partial charge in [0.2, 0.25) is 0 Å². The van der Waals surface area contributed by atoms with E-state index in [1.54, 1.807) is 18.2 Å². The number of ether oxygens (including phenoxy) is 3. The van der Waals surface area contributed by atoms with E-state index in [0.29, 0.717) is 5.56 Å². The Hall–Kier alpha value is -5.66. The van der Waals surface area contributed by atoms with E-state index in [9.17, 15) is 49.1 Å². The number of quaternary nitrogens is 1. The van der Waals surface area contributed by atoms with Crippen LogP contribution >= 0.6 is 0 Å². The smallest absolute Gasteiger partial charge is 0.367 e. The molecule has 14 nitrogen and oxygen atoms in total. The van der Waals surface area contributed by atoms with E-state index in [4.69, 9.17) is 4.74 Å². The number of hydrogen-bond acceptors (Lipinski definition) is 12. The highest BCUT2D eigenvalue weighted by Crippen LogP contribution is 2.22. The molecule has 0 amide bonds. The first-order valence-electron chi connectivity index (χ1n) is 16.5. The van der Waals surface area contributed by atoms with Crippen molar-refractivity contribution in [1.82, 2.24) is 0 Å². The quantitative estimate of drug-likeness (QED) is 0.0580. The molecule has 0 spiro atoms. The lowest BCUT2D eigenvalue weighted by molar-refractivity contribution is -0.884. The maximum atomic E-state index is 12.8. The van der Waals surface area contributed by atoms with Gasteiger partial charge in [-0.3, -0.25) is 0 Å². The number of aromatic nitrogens is 1. The van der Waals surface area contributed by atoms with Gasteiger partial charge in [-0.1, -0.05) is 67.8 Å². The van der Waals surface area contributed by atoms with E-state index >= 15 is 0 Å². The van der Waals surface area contributed by atoms with Crippen LogP contribution in [0.3, 0.4) is 0 Å². The summed E-state index contributed by atoms with van der Waals surface area (Å²) in [5, 5.41) is -4.72. The van der Waals surface area contributed by atoms with Gasteiger partial charge < -0.3 is 27.8 Å². The van der Waals surface area contributed by atoms with Crippen LogP contribution in [-0.2, 0) is 41.0 Å². The van der Waals surface area contributed by atoms with E-state index in [1.807, 2.05) is 30.6 Å². The molecule has 0 radical (unpaired) electrons. The van der Waals surface area contributed by atoms with E-state index in [0.717, 1.165) is 28.7 Å². The number of nitrogens with zero attached hydrogens (tertiary/aromatic N) is 1. The summed E-state index contributed by atoms with van der Waals surface area (Å²) in [5.74, 6) is -3.28. The van der Waals surface area contributed by atoms with Crippen molar-refractivity contribution in [3.8, 4) is 5.75 Å². The van der Waals surface area contributed by atoms with Gasteiger partial charge in [-0.05, 0) is 48.9 Å². The maximum absolute atomic E-state index is 12.8. The molecular weight excluding hydrogens is 791 g/mol. The zero-order valence-corrected chi connectivity index (χ0v) is 33.3. The fourth-order valence-electron chi connectivity index (χ4n) is 3.71. The Morgan fingerprint density at radius 3 is 1.68 bits per heavy atom. The van der Waals surface area contributed by atoms with Crippen LogP contribution in [-0.4, -0.2) is 93.7 Å². The van der Waals surface area contributed by atoms with Gasteiger partial charge in [0.05, 0.1) is 48.1 Å². The summed E-state index contributed by atoms with van der Waals surface area (Å²) >= 11 is 0. The number of nitrogens with one attached hydrogen (secondary N) is 1. The highest BCUT2D eigenvalue weighted by atomic mass is 32.2. The lowest BCUT2D eigenvalue weighted by atomic mass is 10.1. The molecule has 57 heavy (non-hydrogen) atoms. The molecule has 1 aromatic heterocycles. The summed E-state index contributed by atoms with van der Waals surface area (Å²) in [4.78, 5) is 37.0. The number of aromatic amines is 1. The van der Waals surface area contributed by atoms with Gasteiger partial charge in [0, 0.05) is 23.3 Å². The fourth-order valence-corrected chi connectivity index (χ4v) is 4.20. The van der Waals surface area contributed by atoms with Crippen LogP contribution in [0.15, 0.2) is 128 Å². The first kappa shape index (κ1) is 49.4. The molecule has 4 aromatic rings. The Bertz CT molecular complexity index is 2080. The third kappa shape index (κ3) is 21.9. The van der Waals surface area contributed by atoms with Crippen LogP contribution in [0.5, 0.6) is 5.75 Å². The third-order valence-corrected chi connectivity index (χ3v) is 7.96. The van der Waals surface area contributed by atoms with Crippen molar-refractivity contribution < 1.29 is 72.8 Å². The van der Waals surface area contributed by atoms with Crippen molar-refractivity contribution in [1.29, 1.82) is 0 Å². The van der Waals surface area contributed by atoms with Crippen molar-refractivity contribution in [2.45, 2.75) is 18.7 Å². The second kappa shape index (κ2) is 23.4. The number of H-pyrrole nitrogens is 1. The topological polar surface area (TPSA) is 207 Å². The van der Waals surface area contributed by atoms with Crippen LogP contribution < -0.4 is 9.72 Å². The number of hydrogen-bond donors (Lipinski definition) is 0. The molecule has 0 aliphatic carbocycles. The number of rotatable bonds is 13. The van der Waals surface area contributed by atoms with Crippen LogP contribution in [0.25, 0.3) is 6.08 Å². The van der Waals surface area contributed by atoms with Crippen molar-refractivity contribution >= 4 is 44.2 Å². The van der Waals surface area contributed by atoms with Crippen LogP contribution in [0.1, 0.15) is 38.8 Å². The average Bonchev–Trinajstić information content (AvgIpc) is 3.14. The summed E-state index contributed by atoms with van der Waals surface area (Å²) in [5.41, 5.74) is 2.48. The molecule has 0 unspecified atom stereocenters. The molecule has 308 valence electrons. The largest absolute Gasteiger partial charge is 0.748 e. The van der Waals surface area contributed by atoms with Gasteiger partial charge in [0.1, 0.15) is 18.9 Å². The highest BCUT2D eigenvalue weighted by molar-refractivity contribution is 7.86. The summed E-state index contributed by atoms with van der Waals surface area (Å²) in [6.07, 6.45) is 5.37. The molecular formula is C39H44F2N2O12S2. The Balaban J connectivity index is 0.000000416. The second-order valence-corrected chi connectivity index (χ2v) is 15.6. The number of esters is 3. The standard InChI is InChI=1S/C13H12F2O7S.C11H12O5S.C10H16N.C5H5N/c1-8(2)11(16)22-10-5-3-9(4-6-10)12(17)21-7-13(14,15)23(18,19)20;1-2-9-3-5-10(6-4-9)11(12)16-7-8-17(13,14)15;1-11(2,3)9-10-7-5-4-6-8-10;1-2-4-6-5-3-1/h3-6H,1,7H2,2H3,(H,18,19,20);2-6H,1,7-8H2,(H,13,14,15);4-8H,9H2,1-3H3;1-5H/q;;+1;/p-1. The lowest BCUT2D eigenvalue weighted by Gasteiger charge is -2.23. The first-order chi connectivity index (χ1) is 26.4. The van der Waals surface area contributed by atoms with Gasteiger partial charge in [0.15, 0.2) is 29.1 Å². The molecule has 4 rings (SSSR count). The van der Waals surface area contributed by atoms with Crippen LogP contribution in [0, 0.1) is 0 Å². The molecule has 0 fully saturated rings. The van der Waals surface area contributed by atoms with E-state index < -0.39 is 62.4 Å². The van der Waals surface area contributed by atoms with Crippen molar-refractivity contribution in [2.24, 2.45) is 0 Å². The molecule has 0 atom stereocenters. The maximum Gasteiger partial charge on any atom is 0.367 e. The number of pyridine rings is 1. The van der Waals surface area contributed by atoms with E-state index in [2.05, 4.69) is 79.1 Å². The number of benzene rings is 3. The fraction of sp³-hybridized carbons (Fsp3) is 0.231. The SMILES string of the molecule is C=C(C)C(=O)Oc1ccc(C(=O)OCC(F)(F)S(=O)(=O)[O-])cc1.C=Cc1ccc(C(=O)OCCS(=O)(=O)[O-])cc1.C[N+](C)(C)Cc1ccccc1.c1cc[nH+]cc1. The molecule has 1 N–H and O–H groups in total. The summed E-state index contributed by atoms with van der Waals surface area (Å²) < 4.78 is 102. The number of alkyl halides is 2. The minimum Gasteiger partial charge on any atom is -0.748 e. The number of carbonyl (C=O) groups is 3. The summed E-state index contributed by atoms with van der Waals surface area (Å²) in [7, 11) is -3.68. The average molecular weight is 835 g/mol. The Morgan fingerprint density at radius 1 is 0.789 bits per heavy atom. The zero-order valence-electron chi connectivity index (χ0n) is 31.6. The van der Waals surface area contributed by atoms with Crippen molar-refractivity contribution in [3.63, 3.8) is 0 Å². The molecule has 3 aromatic carbocycles. The van der Waals surface area contributed by atoms with Gasteiger partial charge in [-0.2, -0.15) is 8.78 Å². The van der Waals surface area contributed by atoms with Crippen molar-refractivity contribution in [2.75, 3.05) is 40.1 Å². The molecule has 18 heteroatoms. The Labute approximate surface area is 331 Å². The Morgan fingerprint density at radius 2 is 1.28 bits per heavy atom. The first-order valence-corrected chi connectivity index (χ1v) is 19.5. The van der Waals surface area contributed by atoms with Gasteiger partial charge in [-0.25, -0.2) is 36.2 Å². The van der Waals surface area contributed by atoms with Crippen molar-refractivity contribution in [3.05, 3.63) is 150 Å². The van der Waals surface area contributed by atoms with Crippen LogP contribution in [0.4, 0.5) is 8.78 Å². The monoisotopic (exact) mass is 834 g/mol. The molecule has 0 saturated carbocycles. The minimum atomic E-state index is -5.93. The predicted molar refractivity (Wildman–Crippen MR) is 204 cm³/mol. The summed E-state index contributed by atoms with van der Waals surface area (Å²) in [6, 6.07) is 27.4. The van der Waals surface area contributed by atoms with Gasteiger partial charge in [0.25, 0.3) is 0 Å². The molecule has 0 bridgehead atoms. The zero-order chi connectivity index (χ0) is 43.3. The second-order valence-electron chi connectivity index (χ2n) is 12.6. The van der Waals surface area contributed by atoms with Gasteiger partial charge >= 0.3 is 23.2 Å².